The number of fused-ring (bicyclic) bond motifs is 1. The van der Waals surface area contributed by atoms with E-state index in [0.29, 0.717) is 0 Å². The van der Waals surface area contributed by atoms with Crippen molar-refractivity contribution in [3.05, 3.63) is 47.5 Å². The van der Waals surface area contributed by atoms with E-state index in [0.717, 1.165) is 41.0 Å². The molecule has 0 amide bonds. The molecule has 0 spiro atoms. The minimum atomic E-state index is 0.853. The van der Waals surface area contributed by atoms with E-state index in [9.17, 15) is 0 Å². The van der Waals surface area contributed by atoms with Gasteiger partial charge in [-0.05, 0) is 19.1 Å². The van der Waals surface area contributed by atoms with Gasteiger partial charge in [-0.2, -0.15) is 0 Å². The van der Waals surface area contributed by atoms with Crippen LogP contribution in [-0.2, 0) is 6.42 Å². The fourth-order valence-corrected chi connectivity index (χ4v) is 1.96. The zero-order valence-electron chi connectivity index (χ0n) is 9.72. The van der Waals surface area contributed by atoms with Crippen LogP contribution in [0.15, 0.2) is 35.6 Å². The molecule has 3 heterocycles. The van der Waals surface area contributed by atoms with Crippen LogP contribution < -0.4 is 0 Å². The van der Waals surface area contributed by atoms with Gasteiger partial charge in [-0.15, -0.1) is 0 Å². The van der Waals surface area contributed by atoms with Crippen LogP contribution in [0.5, 0.6) is 0 Å². The summed E-state index contributed by atoms with van der Waals surface area (Å²) in [4.78, 5) is 13.1. The molecule has 0 saturated carbocycles. The van der Waals surface area contributed by atoms with Crippen LogP contribution in [0.25, 0.3) is 11.1 Å². The highest BCUT2D eigenvalue weighted by molar-refractivity contribution is 5.84. The molecule has 2 aromatic heterocycles. The number of rotatable bonds is 1. The van der Waals surface area contributed by atoms with Gasteiger partial charge >= 0.3 is 0 Å². The van der Waals surface area contributed by atoms with Crippen molar-refractivity contribution in [2.45, 2.75) is 13.3 Å². The third-order valence-corrected chi connectivity index (χ3v) is 2.96. The molecule has 3 heteroatoms. The zero-order chi connectivity index (χ0) is 11.7. The van der Waals surface area contributed by atoms with E-state index in [4.69, 9.17) is 0 Å². The monoisotopic (exact) mass is 223 g/mol. The SMILES string of the molecule is Cc1ccc(-c2cnc3c(c2)C=NCC3)cn1. The van der Waals surface area contributed by atoms with E-state index in [-0.39, 0.29) is 0 Å². The summed E-state index contributed by atoms with van der Waals surface area (Å²) in [6.07, 6.45) is 6.66. The molecule has 3 nitrogen and oxygen atoms in total. The van der Waals surface area contributed by atoms with E-state index >= 15 is 0 Å². The van der Waals surface area contributed by atoms with Gasteiger partial charge in [-0.25, -0.2) is 0 Å². The lowest BCUT2D eigenvalue weighted by Crippen LogP contribution is -2.05. The standard InChI is InChI=1S/C14H13N3/c1-10-2-3-11(8-16-10)12-6-13-7-15-5-4-14(13)17-9-12/h2-3,6-9H,4-5H2,1H3. The van der Waals surface area contributed by atoms with Gasteiger partial charge in [0.05, 0.1) is 5.69 Å². The minimum absolute atomic E-state index is 0.853. The maximum Gasteiger partial charge on any atom is 0.0510 e. The van der Waals surface area contributed by atoms with Crippen molar-refractivity contribution in [1.82, 2.24) is 9.97 Å². The fraction of sp³-hybridized carbons (Fsp3) is 0.214. The number of aromatic nitrogens is 2. The van der Waals surface area contributed by atoms with Gasteiger partial charge in [-0.1, -0.05) is 6.07 Å². The van der Waals surface area contributed by atoms with Crippen molar-refractivity contribution in [1.29, 1.82) is 0 Å². The molecule has 0 saturated heterocycles. The lowest BCUT2D eigenvalue weighted by molar-refractivity contribution is 0.906. The summed E-state index contributed by atoms with van der Waals surface area (Å²) in [5.41, 5.74) is 5.51. The van der Waals surface area contributed by atoms with Gasteiger partial charge in [0, 0.05) is 54.0 Å². The largest absolute Gasteiger partial charge is 0.292 e. The second kappa shape index (κ2) is 4.09. The fourth-order valence-electron chi connectivity index (χ4n) is 1.96. The number of nitrogens with zero attached hydrogens (tertiary/aromatic N) is 3. The summed E-state index contributed by atoms with van der Waals surface area (Å²) < 4.78 is 0. The van der Waals surface area contributed by atoms with Crippen LogP contribution in [-0.4, -0.2) is 22.7 Å². The Kier molecular flexibility index (Phi) is 2.44. The Morgan fingerprint density at radius 2 is 1.94 bits per heavy atom. The Balaban J connectivity index is 2.05. The second-order valence-electron chi connectivity index (χ2n) is 4.23. The molecule has 0 aromatic carbocycles. The highest BCUT2D eigenvalue weighted by Crippen LogP contribution is 2.21. The van der Waals surface area contributed by atoms with Crippen molar-refractivity contribution in [3.8, 4) is 11.1 Å². The Morgan fingerprint density at radius 1 is 1.06 bits per heavy atom. The molecule has 0 aliphatic carbocycles. The molecule has 0 N–H and O–H groups in total. The van der Waals surface area contributed by atoms with Crippen LogP contribution in [0.3, 0.4) is 0 Å². The highest BCUT2D eigenvalue weighted by Gasteiger charge is 2.08. The van der Waals surface area contributed by atoms with Crippen LogP contribution in [0, 0.1) is 6.92 Å². The molecule has 17 heavy (non-hydrogen) atoms. The van der Waals surface area contributed by atoms with Gasteiger partial charge in [0.1, 0.15) is 0 Å². The summed E-state index contributed by atoms with van der Waals surface area (Å²) in [7, 11) is 0. The molecule has 3 rings (SSSR count). The molecule has 1 aliphatic heterocycles. The van der Waals surface area contributed by atoms with Crippen LogP contribution in [0.1, 0.15) is 17.0 Å². The summed E-state index contributed by atoms with van der Waals surface area (Å²) >= 11 is 0. The molecular weight excluding hydrogens is 210 g/mol. The van der Waals surface area contributed by atoms with Crippen molar-refractivity contribution < 1.29 is 0 Å². The second-order valence-corrected chi connectivity index (χ2v) is 4.23. The molecule has 0 atom stereocenters. The predicted molar refractivity (Wildman–Crippen MR) is 68.4 cm³/mol. The Labute approximate surface area is 100 Å². The van der Waals surface area contributed by atoms with Gasteiger partial charge < -0.3 is 0 Å². The van der Waals surface area contributed by atoms with E-state index < -0.39 is 0 Å². The molecular formula is C14H13N3. The van der Waals surface area contributed by atoms with Gasteiger partial charge in [0.25, 0.3) is 0 Å². The number of pyridine rings is 2. The average molecular weight is 223 g/mol. The van der Waals surface area contributed by atoms with Gasteiger partial charge in [-0.3, -0.25) is 15.0 Å². The topological polar surface area (TPSA) is 38.1 Å². The van der Waals surface area contributed by atoms with E-state index in [1.807, 2.05) is 31.6 Å². The van der Waals surface area contributed by atoms with Crippen molar-refractivity contribution in [3.63, 3.8) is 0 Å². The van der Waals surface area contributed by atoms with Crippen molar-refractivity contribution in [2.24, 2.45) is 4.99 Å². The normalized spacial score (nSPS) is 13.5. The first-order chi connectivity index (χ1) is 8.33. The summed E-state index contributed by atoms with van der Waals surface area (Å²) in [6.45, 7) is 2.84. The van der Waals surface area contributed by atoms with Gasteiger partial charge in [0.2, 0.25) is 0 Å². The van der Waals surface area contributed by atoms with E-state index in [1.165, 1.54) is 0 Å². The minimum Gasteiger partial charge on any atom is -0.292 e. The van der Waals surface area contributed by atoms with Gasteiger partial charge in [0.15, 0.2) is 0 Å². The molecule has 0 unspecified atom stereocenters. The zero-order valence-corrected chi connectivity index (χ0v) is 9.72. The summed E-state index contributed by atoms with van der Waals surface area (Å²) in [6, 6.07) is 6.23. The Bertz CT molecular complexity index is 571. The molecule has 0 bridgehead atoms. The molecule has 0 radical (unpaired) electrons. The third kappa shape index (κ3) is 1.96. The number of hydrogen-bond acceptors (Lipinski definition) is 3. The lowest BCUT2D eigenvalue weighted by Gasteiger charge is -2.10. The maximum absolute atomic E-state index is 4.50. The highest BCUT2D eigenvalue weighted by atomic mass is 14.8. The number of aliphatic imine (C=N–C) groups is 1. The quantitative estimate of drug-likeness (QED) is 0.744. The van der Waals surface area contributed by atoms with E-state index in [2.05, 4.69) is 27.1 Å². The van der Waals surface area contributed by atoms with Crippen molar-refractivity contribution in [2.75, 3.05) is 6.54 Å². The summed E-state index contributed by atoms with van der Waals surface area (Å²) in [5, 5.41) is 0. The smallest absolute Gasteiger partial charge is 0.0510 e. The first-order valence-corrected chi connectivity index (χ1v) is 5.75. The Hall–Kier alpha value is -2.03. The van der Waals surface area contributed by atoms with Crippen molar-refractivity contribution >= 4 is 6.21 Å². The molecule has 1 aliphatic rings. The molecule has 84 valence electrons. The first kappa shape index (κ1) is 10.1. The number of aryl methyl sites for hydroxylation is 1. The number of hydrogen-bond donors (Lipinski definition) is 0. The maximum atomic E-state index is 4.50. The summed E-state index contributed by atoms with van der Waals surface area (Å²) in [5.74, 6) is 0. The van der Waals surface area contributed by atoms with Crippen LogP contribution in [0.2, 0.25) is 0 Å². The lowest BCUT2D eigenvalue weighted by atomic mass is 10.0. The predicted octanol–water partition coefficient (Wildman–Crippen LogP) is 2.43. The Morgan fingerprint density at radius 3 is 2.76 bits per heavy atom. The average Bonchev–Trinajstić information content (AvgIpc) is 2.39. The third-order valence-electron chi connectivity index (χ3n) is 2.96. The first-order valence-electron chi connectivity index (χ1n) is 5.75. The molecule has 0 fully saturated rings. The molecule has 2 aromatic rings. The van der Waals surface area contributed by atoms with Crippen LogP contribution in [0.4, 0.5) is 0 Å². The van der Waals surface area contributed by atoms with E-state index in [1.54, 1.807) is 0 Å². The van der Waals surface area contributed by atoms with Crippen LogP contribution >= 0.6 is 0 Å².